The number of amides is 1. The number of aromatic nitrogens is 1. The van der Waals surface area contributed by atoms with Crippen molar-refractivity contribution in [1.29, 1.82) is 0 Å². The molecule has 0 spiro atoms. The lowest BCUT2D eigenvalue weighted by Gasteiger charge is -2.50. The molecule has 4 rings (SSSR count). The van der Waals surface area contributed by atoms with Gasteiger partial charge in [0.25, 0.3) is 0 Å². The van der Waals surface area contributed by atoms with Crippen LogP contribution in [0.15, 0.2) is 24.5 Å². The van der Waals surface area contributed by atoms with Gasteiger partial charge in [0, 0.05) is 56.6 Å². The minimum Gasteiger partial charge on any atom is -0.379 e. The Hall–Kier alpha value is -1.50. The summed E-state index contributed by atoms with van der Waals surface area (Å²) >= 11 is 0. The Morgan fingerprint density at radius 1 is 1.21 bits per heavy atom. The van der Waals surface area contributed by atoms with Crippen molar-refractivity contribution < 1.29 is 9.53 Å². The van der Waals surface area contributed by atoms with Crippen LogP contribution in [-0.2, 0) is 16.1 Å². The van der Waals surface area contributed by atoms with Crippen molar-refractivity contribution in [3.05, 3.63) is 30.1 Å². The molecule has 0 aromatic carbocycles. The van der Waals surface area contributed by atoms with E-state index >= 15 is 0 Å². The van der Waals surface area contributed by atoms with Crippen LogP contribution in [0.1, 0.15) is 56.9 Å². The van der Waals surface area contributed by atoms with Crippen LogP contribution in [0.4, 0.5) is 0 Å². The monoisotopic (exact) mass is 400 g/mol. The third-order valence-electron chi connectivity index (χ3n) is 7.09. The highest BCUT2D eigenvalue weighted by molar-refractivity contribution is 5.78. The van der Waals surface area contributed by atoms with Gasteiger partial charge < -0.3 is 15.0 Å². The smallest absolute Gasteiger partial charge is 0.222 e. The van der Waals surface area contributed by atoms with Crippen LogP contribution in [-0.4, -0.2) is 71.7 Å². The van der Waals surface area contributed by atoms with E-state index in [9.17, 15) is 4.79 Å². The third-order valence-corrected chi connectivity index (χ3v) is 7.09. The van der Waals surface area contributed by atoms with Gasteiger partial charge in [-0.25, -0.2) is 0 Å². The molecule has 1 aromatic rings. The predicted octanol–water partition coefficient (Wildman–Crippen LogP) is 2.59. The highest BCUT2D eigenvalue weighted by Crippen LogP contribution is 2.37. The van der Waals surface area contributed by atoms with Crippen LogP contribution in [0.25, 0.3) is 0 Å². The van der Waals surface area contributed by atoms with Crippen LogP contribution < -0.4 is 5.32 Å². The lowest BCUT2D eigenvalue weighted by Crippen LogP contribution is -2.60. The van der Waals surface area contributed by atoms with Crippen LogP contribution in [0, 0.1) is 0 Å². The predicted molar refractivity (Wildman–Crippen MR) is 114 cm³/mol. The standard InChI is InChI=1S/C23H36N4O2/c28-22-7-6-21(8-12-25-18-20-5-4-11-24-17-20)27(22)19-23(9-2-1-3-10-23)26-13-15-29-16-14-26/h4-5,11,17,21,25H,1-3,6-10,12-16,18-19H2. The van der Waals surface area contributed by atoms with Gasteiger partial charge in [-0.3, -0.25) is 14.7 Å². The topological polar surface area (TPSA) is 57.7 Å². The molecule has 3 heterocycles. The Labute approximate surface area is 175 Å². The van der Waals surface area contributed by atoms with E-state index in [-0.39, 0.29) is 5.54 Å². The lowest BCUT2D eigenvalue weighted by molar-refractivity contribution is -0.133. The van der Waals surface area contributed by atoms with Crippen molar-refractivity contribution in [2.75, 3.05) is 39.4 Å². The quantitative estimate of drug-likeness (QED) is 0.680. The molecule has 6 nitrogen and oxygen atoms in total. The first-order valence-electron chi connectivity index (χ1n) is 11.5. The molecule has 1 aliphatic carbocycles. The van der Waals surface area contributed by atoms with Crippen LogP contribution in [0.2, 0.25) is 0 Å². The zero-order chi connectivity index (χ0) is 19.9. The minimum atomic E-state index is 0.170. The largest absolute Gasteiger partial charge is 0.379 e. The Balaban J connectivity index is 1.35. The summed E-state index contributed by atoms with van der Waals surface area (Å²) in [5.74, 6) is 0.362. The molecular weight excluding hydrogens is 364 g/mol. The fraction of sp³-hybridized carbons (Fsp3) is 0.739. The number of carbonyl (C=O) groups excluding carboxylic acids is 1. The van der Waals surface area contributed by atoms with Gasteiger partial charge in [-0.2, -0.15) is 0 Å². The lowest BCUT2D eigenvalue weighted by atomic mass is 9.79. The molecule has 3 fully saturated rings. The van der Waals surface area contributed by atoms with E-state index < -0.39 is 0 Å². The van der Waals surface area contributed by atoms with E-state index in [1.54, 1.807) is 6.20 Å². The summed E-state index contributed by atoms with van der Waals surface area (Å²) < 4.78 is 5.61. The molecule has 1 N–H and O–H groups in total. The maximum atomic E-state index is 12.8. The molecule has 3 aliphatic rings. The number of morpholine rings is 1. The molecular formula is C23H36N4O2. The molecule has 0 bridgehead atoms. The number of nitrogens with one attached hydrogen (secondary N) is 1. The number of carbonyl (C=O) groups is 1. The average molecular weight is 401 g/mol. The van der Waals surface area contributed by atoms with Crippen molar-refractivity contribution in [3.8, 4) is 0 Å². The third kappa shape index (κ3) is 5.16. The Bertz CT molecular complexity index is 642. The maximum absolute atomic E-state index is 12.8. The number of rotatable bonds is 8. The average Bonchev–Trinajstić information content (AvgIpc) is 3.12. The van der Waals surface area contributed by atoms with Crippen LogP contribution in [0.5, 0.6) is 0 Å². The van der Waals surface area contributed by atoms with Crippen molar-refractivity contribution in [3.63, 3.8) is 0 Å². The molecule has 2 aliphatic heterocycles. The first-order valence-corrected chi connectivity index (χ1v) is 11.5. The second-order valence-electron chi connectivity index (χ2n) is 8.93. The van der Waals surface area contributed by atoms with E-state index in [1.165, 1.54) is 37.7 Å². The van der Waals surface area contributed by atoms with Crippen molar-refractivity contribution in [1.82, 2.24) is 20.1 Å². The van der Waals surface area contributed by atoms with E-state index in [0.29, 0.717) is 18.4 Å². The molecule has 0 radical (unpaired) electrons. The second kappa shape index (κ2) is 10.0. The van der Waals surface area contributed by atoms with Crippen LogP contribution in [0.3, 0.4) is 0 Å². The Morgan fingerprint density at radius 2 is 2.03 bits per heavy atom. The highest BCUT2D eigenvalue weighted by Gasteiger charge is 2.43. The van der Waals surface area contributed by atoms with Gasteiger partial charge in [0.2, 0.25) is 5.91 Å². The molecule has 29 heavy (non-hydrogen) atoms. The molecule has 6 heteroatoms. The molecule has 1 amide bonds. The number of hydrogen-bond donors (Lipinski definition) is 1. The van der Waals surface area contributed by atoms with Crippen molar-refractivity contribution in [2.45, 2.75) is 69.5 Å². The van der Waals surface area contributed by atoms with Gasteiger partial charge in [-0.05, 0) is 43.9 Å². The van der Waals surface area contributed by atoms with Gasteiger partial charge in [-0.1, -0.05) is 25.3 Å². The van der Waals surface area contributed by atoms with E-state index in [2.05, 4.69) is 26.2 Å². The van der Waals surface area contributed by atoms with Crippen molar-refractivity contribution >= 4 is 5.91 Å². The summed E-state index contributed by atoms with van der Waals surface area (Å²) in [5.41, 5.74) is 1.38. The number of hydrogen-bond acceptors (Lipinski definition) is 5. The fourth-order valence-electron chi connectivity index (χ4n) is 5.45. The number of ether oxygens (including phenoxy) is 1. The summed E-state index contributed by atoms with van der Waals surface area (Å²) in [5, 5.41) is 3.54. The van der Waals surface area contributed by atoms with Gasteiger partial charge in [0.15, 0.2) is 0 Å². The number of likely N-dealkylation sites (tertiary alicyclic amines) is 1. The molecule has 1 saturated carbocycles. The fourth-order valence-corrected chi connectivity index (χ4v) is 5.45. The van der Waals surface area contributed by atoms with E-state index in [1.807, 2.05) is 12.3 Å². The summed E-state index contributed by atoms with van der Waals surface area (Å²) in [6, 6.07) is 4.45. The Kier molecular flexibility index (Phi) is 7.16. The number of nitrogens with zero attached hydrogens (tertiary/aromatic N) is 3. The first kappa shape index (κ1) is 20.8. The zero-order valence-corrected chi connectivity index (χ0v) is 17.7. The van der Waals surface area contributed by atoms with Gasteiger partial charge in [0.05, 0.1) is 13.2 Å². The van der Waals surface area contributed by atoms with E-state index in [0.717, 1.165) is 58.8 Å². The molecule has 2 saturated heterocycles. The van der Waals surface area contributed by atoms with E-state index in [4.69, 9.17) is 4.74 Å². The van der Waals surface area contributed by atoms with Gasteiger partial charge in [-0.15, -0.1) is 0 Å². The first-order chi connectivity index (χ1) is 14.3. The Morgan fingerprint density at radius 3 is 2.79 bits per heavy atom. The summed E-state index contributed by atoms with van der Waals surface area (Å²) in [6.45, 7) is 6.38. The highest BCUT2D eigenvalue weighted by atomic mass is 16.5. The van der Waals surface area contributed by atoms with Gasteiger partial charge in [0.1, 0.15) is 0 Å². The summed E-state index contributed by atoms with van der Waals surface area (Å²) in [6.07, 6.45) is 12.8. The summed E-state index contributed by atoms with van der Waals surface area (Å²) in [4.78, 5) is 21.9. The summed E-state index contributed by atoms with van der Waals surface area (Å²) in [7, 11) is 0. The molecule has 1 unspecified atom stereocenters. The zero-order valence-electron chi connectivity index (χ0n) is 17.7. The SMILES string of the molecule is O=C1CCC(CCNCc2cccnc2)N1CC1(N2CCOCC2)CCCCC1. The molecule has 160 valence electrons. The van der Waals surface area contributed by atoms with Gasteiger partial charge >= 0.3 is 0 Å². The normalized spacial score (nSPS) is 25.4. The van der Waals surface area contributed by atoms with Crippen molar-refractivity contribution in [2.24, 2.45) is 0 Å². The maximum Gasteiger partial charge on any atom is 0.222 e. The van der Waals surface area contributed by atoms with Crippen LogP contribution >= 0.6 is 0 Å². The minimum absolute atomic E-state index is 0.170. The number of pyridine rings is 1. The molecule has 1 atom stereocenters. The second-order valence-corrected chi connectivity index (χ2v) is 8.93. The molecule has 1 aromatic heterocycles.